The number of rotatable bonds is 3. The molecule has 6 nitrogen and oxygen atoms in total. The molecule has 1 aliphatic rings. The molecule has 0 radical (unpaired) electrons. The van der Waals surface area contributed by atoms with E-state index < -0.39 is 6.09 Å². The van der Waals surface area contributed by atoms with Crippen LogP contribution in [-0.2, 0) is 0 Å². The third-order valence-corrected chi connectivity index (χ3v) is 4.45. The second-order valence-corrected chi connectivity index (χ2v) is 6.21. The van der Waals surface area contributed by atoms with Gasteiger partial charge in [-0.3, -0.25) is 5.32 Å². The summed E-state index contributed by atoms with van der Waals surface area (Å²) in [5, 5.41) is 11.2. The first-order valence-corrected chi connectivity index (χ1v) is 7.74. The number of carboxylic acid groups (broad SMARTS) is 1. The minimum Gasteiger partial charge on any atom is -0.465 e. The van der Waals surface area contributed by atoms with E-state index in [2.05, 4.69) is 44.5 Å². The van der Waals surface area contributed by atoms with Gasteiger partial charge in [-0.2, -0.15) is 4.98 Å². The minimum atomic E-state index is -1.14. The van der Waals surface area contributed by atoms with Crippen LogP contribution in [0, 0.1) is 0 Å². The summed E-state index contributed by atoms with van der Waals surface area (Å²) in [5.74, 6) is 0.730. The zero-order chi connectivity index (χ0) is 15.1. The fourth-order valence-electron chi connectivity index (χ4n) is 2.35. The van der Waals surface area contributed by atoms with Crippen molar-refractivity contribution in [3.05, 3.63) is 36.0 Å². The highest BCUT2D eigenvalue weighted by Gasteiger charge is 2.23. The highest BCUT2D eigenvalue weighted by atomic mass is 32.1. The predicted molar refractivity (Wildman–Crippen MR) is 84.3 cm³/mol. The number of nitrogens with one attached hydrogen (secondary N) is 1. The number of fused-ring (bicyclic) bond motifs is 1. The van der Waals surface area contributed by atoms with Gasteiger partial charge in [0.15, 0.2) is 15.6 Å². The van der Waals surface area contributed by atoms with Gasteiger partial charge in [0.2, 0.25) is 0 Å². The Hall–Kier alpha value is -2.54. The van der Waals surface area contributed by atoms with E-state index in [-0.39, 0.29) is 5.13 Å². The Morgan fingerprint density at radius 3 is 2.68 bits per heavy atom. The van der Waals surface area contributed by atoms with Crippen molar-refractivity contribution in [2.75, 3.05) is 5.32 Å². The first-order valence-electron chi connectivity index (χ1n) is 6.93. The molecule has 7 heteroatoms. The van der Waals surface area contributed by atoms with Crippen LogP contribution in [0.1, 0.15) is 24.3 Å². The summed E-state index contributed by atoms with van der Waals surface area (Å²) in [6.45, 7) is 0. The average Bonchev–Trinajstić information content (AvgIpc) is 3.27. The highest BCUT2D eigenvalue weighted by molar-refractivity contribution is 7.21. The van der Waals surface area contributed by atoms with Crippen LogP contribution in [-0.4, -0.2) is 26.2 Å². The van der Waals surface area contributed by atoms with Gasteiger partial charge < -0.3 is 5.11 Å². The molecule has 2 aromatic heterocycles. The Bertz CT molecular complexity index is 856. The molecule has 2 N–H and O–H groups in total. The molecule has 22 heavy (non-hydrogen) atoms. The van der Waals surface area contributed by atoms with Crippen molar-refractivity contribution in [1.29, 1.82) is 0 Å². The Labute approximate surface area is 129 Å². The maximum atomic E-state index is 10.6. The number of aromatic nitrogens is 3. The van der Waals surface area contributed by atoms with E-state index >= 15 is 0 Å². The van der Waals surface area contributed by atoms with Crippen molar-refractivity contribution in [2.45, 2.75) is 18.8 Å². The number of amides is 1. The Morgan fingerprint density at radius 1 is 1.23 bits per heavy atom. The molecule has 1 fully saturated rings. The summed E-state index contributed by atoms with van der Waals surface area (Å²) in [6.07, 6.45) is 3.09. The van der Waals surface area contributed by atoms with E-state index in [9.17, 15) is 4.79 Å². The van der Waals surface area contributed by atoms with E-state index in [1.54, 1.807) is 6.20 Å². The molecule has 110 valence electrons. The summed E-state index contributed by atoms with van der Waals surface area (Å²) in [6, 6.07) is 8.40. The molecule has 0 bridgehead atoms. The Kier molecular flexibility index (Phi) is 3.00. The van der Waals surface area contributed by atoms with Crippen LogP contribution in [0.2, 0.25) is 0 Å². The third-order valence-electron chi connectivity index (χ3n) is 3.59. The SMILES string of the molecule is O=C(O)Nc1nc2ncc(-c3ccc(C4CC4)cc3)nc2s1. The van der Waals surface area contributed by atoms with Gasteiger partial charge in [-0.25, -0.2) is 14.8 Å². The van der Waals surface area contributed by atoms with Crippen LogP contribution in [0.4, 0.5) is 9.93 Å². The molecule has 1 amide bonds. The normalized spacial score (nSPS) is 14.2. The standard InChI is InChI=1S/C15H12N4O2S/c20-15(21)19-14-18-12-13(22-14)17-11(7-16-12)10-5-3-9(4-6-10)8-1-2-8/h3-8H,1-2H2,(H,20,21)(H,16,18,19). The molecule has 0 unspecified atom stereocenters. The number of nitrogens with zero attached hydrogens (tertiary/aromatic N) is 3. The summed E-state index contributed by atoms with van der Waals surface area (Å²) >= 11 is 1.18. The number of hydrogen-bond donors (Lipinski definition) is 2. The molecule has 4 rings (SSSR count). The summed E-state index contributed by atoms with van der Waals surface area (Å²) < 4.78 is 0. The predicted octanol–water partition coefficient (Wildman–Crippen LogP) is 3.72. The van der Waals surface area contributed by atoms with Crippen molar-refractivity contribution in [1.82, 2.24) is 15.0 Å². The molecule has 1 aromatic carbocycles. The average molecular weight is 312 g/mol. The second-order valence-electron chi connectivity index (χ2n) is 5.23. The number of thiazole rings is 1. The van der Waals surface area contributed by atoms with Crippen molar-refractivity contribution < 1.29 is 9.90 Å². The molecule has 0 saturated heterocycles. The van der Waals surface area contributed by atoms with Crippen molar-refractivity contribution in [3.63, 3.8) is 0 Å². The van der Waals surface area contributed by atoms with E-state index in [0.29, 0.717) is 10.5 Å². The maximum absolute atomic E-state index is 10.6. The van der Waals surface area contributed by atoms with Crippen molar-refractivity contribution in [2.24, 2.45) is 0 Å². The number of anilines is 1. The first-order chi connectivity index (χ1) is 10.7. The fourth-order valence-corrected chi connectivity index (χ4v) is 3.14. The second kappa shape index (κ2) is 5.03. The van der Waals surface area contributed by atoms with Crippen LogP contribution in [0.5, 0.6) is 0 Å². The molecule has 2 heterocycles. The molecule has 1 saturated carbocycles. The van der Waals surface area contributed by atoms with Gasteiger partial charge in [-0.05, 0) is 24.3 Å². The van der Waals surface area contributed by atoms with Gasteiger partial charge in [0.1, 0.15) is 0 Å². The van der Waals surface area contributed by atoms with Gasteiger partial charge in [0.25, 0.3) is 0 Å². The van der Waals surface area contributed by atoms with Gasteiger partial charge in [-0.1, -0.05) is 35.6 Å². The zero-order valence-electron chi connectivity index (χ0n) is 11.5. The van der Waals surface area contributed by atoms with E-state index in [1.165, 1.54) is 29.7 Å². The summed E-state index contributed by atoms with van der Waals surface area (Å²) in [5.41, 5.74) is 3.59. The fraction of sp³-hybridized carbons (Fsp3) is 0.200. The lowest BCUT2D eigenvalue weighted by atomic mass is 10.1. The lowest BCUT2D eigenvalue weighted by Crippen LogP contribution is -2.06. The molecule has 0 aliphatic heterocycles. The van der Waals surface area contributed by atoms with E-state index in [1.807, 2.05) is 0 Å². The number of carbonyl (C=O) groups is 1. The summed E-state index contributed by atoms with van der Waals surface area (Å²) in [7, 11) is 0. The van der Waals surface area contributed by atoms with Crippen molar-refractivity contribution >= 4 is 33.0 Å². The third kappa shape index (κ3) is 2.50. The van der Waals surface area contributed by atoms with Gasteiger partial charge in [0.05, 0.1) is 11.9 Å². The van der Waals surface area contributed by atoms with Gasteiger partial charge in [-0.15, -0.1) is 0 Å². The quantitative estimate of drug-likeness (QED) is 0.769. The monoisotopic (exact) mass is 312 g/mol. The number of hydrogen-bond acceptors (Lipinski definition) is 5. The maximum Gasteiger partial charge on any atom is 0.410 e. The smallest absolute Gasteiger partial charge is 0.410 e. The van der Waals surface area contributed by atoms with E-state index in [4.69, 9.17) is 5.11 Å². The lowest BCUT2D eigenvalue weighted by Gasteiger charge is -2.02. The molecular formula is C15H12N4O2S. The van der Waals surface area contributed by atoms with E-state index in [0.717, 1.165) is 17.2 Å². The highest BCUT2D eigenvalue weighted by Crippen LogP contribution is 2.40. The number of benzene rings is 1. The summed E-state index contributed by atoms with van der Waals surface area (Å²) in [4.78, 5) is 24.1. The van der Waals surface area contributed by atoms with Crippen LogP contribution in [0.15, 0.2) is 30.5 Å². The molecule has 0 atom stereocenters. The van der Waals surface area contributed by atoms with Gasteiger partial charge >= 0.3 is 6.09 Å². The Balaban J connectivity index is 1.67. The molecular weight excluding hydrogens is 300 g/mol. The van der Waals surface area contributed by atoms with Crippen molar-refractivity contribution in [3.8, 4) is 11.3 Å². The van der Waals surface area contributed by atoms with Gasteiger partial charge in [0, 0.05) is 5.56 Å². The Morgan fingerprint density at radius 2 is 2.00 bits per heavy atom. The molecule has 1 aliphatic carbocycles. The van der Waals surface area contributed by atoms with Crippen LogP contribution < -0.4 is 5.32 Å². The minimum absolute atomic E-state index is 0.281. The van der Waals surface area contributed by atoms with Crippen LogP contribution in [0.25, 0.3) is 21.7 Å². The zero-order valence-corrected chi connectivity index (χ0v) is 12.3. The largest absolute Gasteiger partial charge is 0.465 e. The topological polar surface area (TPSA) is 88.0 Å². The molecule has 3 aromatic rings. The molecule has 0 spiro atoms. The lowest BCUT2D eigenvalue weighted by molar-refractivity contribution is 0.210. The first kappa shape index (κ1) is 13.1. The van der Waals surface area contributed by atoms with Crippen LogP contribution in [0.3, 0.4) is 0 Å². The van der Waals surface area contributed by atoms with Crippen LogP contribution >= 0.6 is 11.3 Å².